The molecule has 0 spiro atoms. The number of nitrogens with one attached hydrogen (secondary N) is 1. The number of methoxy groups -OCH3 is 1. The van der Waals surface area contributed by atoms with E-state index in [4.69, 9.17) is 4.74 Å². The molecule has 3 heteroatoms. The van der Waals surface area contributed by atoms with Gasteiger partial charge in [0, 0.05) is 5.92 Å². The SMILES string of the molecule is CNCCC(c1cccc(C)c1)c1ccc(OC)c(F)c1. The first-order valence-electron chi connectivity index (χ1n) is 7.20. The molecule has 0 amide bonds. The minimum Gasteiger partial charge on any atom is -0.494 e. The quantitative estimate of drug-likeness (QED) is 0.870. The first-order chi connectivity index (χ1) is 10.2. The standard InChI is InChI=1S/C18H22FNO/c1-13-5-4-6-14(11-13)16(9-10-20-2)15-7-8-18(21-3)17(19)12-15/h4-8,11-12,16,20H,9-10H2,1-3H3. The van der Waals surface area contributed by atoms with Gasteiger partial charge >= 0.3 is 0 Å². The molecule has 0 bridgehead atoms. The number of hydrogen-bond donors (Lipinski definition) is 1. The van der Waals surface area contributed by atoms with Crippen LogP contribution < -0.4 is 10.1 Å². The molecular weight excluding hydrogens is 265 g/mol. The molecule has 0 aliphatic rings. The highest BCUT2D eigenvalue weighted by Crippen LogP contribution is 2.31. The van der Waals surface area contributed by atoms with Crippen molar-refractivity contribution in [3.05, 3.63) is 65.0 Å². The lowest BCUT2D eigenvalue weighted by Crippen LogP contribution is -2.13. The predicted octanol–water partition coefficient (Wildman–Crippen LogP) is 3.88. The Bertz CT molecular complexity index is 598. The van der Waals surface area contributed by atoms with Crippen LogP contribution in [0, 0.1) is 12.7 Å². The molecule has 0 saturated heterocycles. The maximum atomic E-state index is 14.0. The summed E-state index contributed by atoms with van der Waals surface area (Å²) in [5.74, 6) is 0.158. The molecule has 21 heavy (non-hydrogen) atoms. The zero-order chi connectivity index (χ0) is 15.2. The molecule has 2 nitrogen and oxygen atoms in total. The minimum absolute atomic E-state index is 0.178. The van der Waals surface area contributed by atoms with E-state index in [0.717, 1.165) is 18.5 Å². The summed E-state index contributed by atoms with van der Waals surface area (Å²) in [6.45, 7) is 2.96. The summed E-state index contributed by atoms with van der Waals surface area (Å²) in [6, 6.07) is 13.6. The first-order valence-corrected chi connectivity index (χ1v) is 7.20. The lowest BCUT2D eigenvalue weighted by molar-refractivity contribution is 0.386. The Labute approximate surface area is 126 Å². The number of benzene rings is 2. The van der Waals surface area contributed by atoms with Gasteiger partial charge in [0.1, 0.15) is 0 Å². The highest BCUT2D eigenvalue weighted by atomic mass is 19.1. The fourth-order valence-electron chi connectivity index (χ4n) is 2.60. The van der Waals surface area contributed by atoms with Crippen molar-refractivity contribution in [3.63, 3.8) is 0 Å². The van der Waals surface area contributed by atoms with E-state index in [9.17, 15) is 4.39 Å². The third-order valence-electron chi connectivity index (χ3n) is 3.71. The second-order valence-corrected chi connectivity index (χ2v) is 5.25. The van der Waals surface area contributed by atoms with Crippen molar-refractivity contribution < 1.29 is 9.13 Å². The van der Waals surface area contributed by atoms with E-state index >= 15 is 0 Å². The highest BCUT2D eigenvalue weighted by Gasteiger charge is 2.16. The number of aryl methyl sites for hydroxylation is 1. The third-order valence-corrected chi connectivity index (χ3v) is 3.71. The van der Waals surface area contributed by atoms with Gasteiger partial charge in [0.15, 0.2) is 11.6 Å². The molecule has 0 aromatic heterocycles. The summed E-state index contributed by atoms with van der Waals surface area (Å²) in [7, 11) is 3.42. The van der Waals surface area contributed by atoms with Crippen LogP contribution in [0.15, 0.2) is 42.5 Å². The van der Waals surface area contributed by atoms with Crippen LogP contribution in [0.5, 0.6) is 5.75 Å². The van der Waals surface area contributed by atoms with Crippen LogP contribution in [-0.4, -0.2) is 20.7 Å². The molecule has 2 aromatic rings. The van der Waals surface area contributed by atoms with Gasteiger partial charge in [-0.05, 0) is 50.2 Å². The summed E-state index contributed by atoms with van der Waals surface area (Å²) in [5.41, 5.74) is 3.42. The lowest BCUT2D eigenvalue weighted by atomic mass is 9.87. The zero-order valence-electron chi connectivity index (χ0n) is 12.8. The number of halogens is 1. The van der Waals surface area contributed by atoms with Crippen LogP contribution in [0.1, 0.15) is 29.0 Å². The van der Waals surface area contributed by atoms with E-state index in [2.05, 4.69) is 36.5 Å². The van der Waals surface area contributed by atoms with E-state index < -0.39 is 0 Å². The van der Waals surface area contributed by atoms with E-state index in [1.165, 1.54) is 18.2 Å². The summed E-state index contributed by atoms with van der Waals surface area (Å²) in [6.07, 6.45) is 0.922. The van der Waals surface area contributed by atoms with Crippen molar-refractivity contribution in [2.24, 2.45) is 0 Å². The van der Waals surface area contributed by atoms with Gasteiger partial charge in [-0.1, -0.05) is 35.9 Å². The van der Waals surface area contributed by atoms with Crippen molar-refractivity contribution in [1.29, 1.82) is 0 Å². The van der Waals surface area contributed by atoms with E-state index in [1.54, 1.807) is 12.1 Å². The molecule has 0 radical (unpaired) electrons. The normalized spacial score (nSPS) is 12.2. The van der Waals surface area contributed by atoms with Gasteiger partial charge in [0.05, 0.1) is 7.11 Å². The van der Waals surface area contributed by atoms with Crippen LogP contribution in [0.2, 0.25) is 0 Å². The molecular formula is C18H22FNO. The largest absolute Gasteiger partial charge is 0.494 e. The second kappa shape index (κ2) is 7.23. The van der Waals surface area contributed by atoms with Gasteiger partial charge in [-0.15, -0.1) is 0 Å². The molecule has 0 saturated carbocycles. The Morgan fingerprint density at radius 3 is 2.52 bits per heavy atom. The molecule has 0 aliphatic heterocycles. The smallest absolute Gasteiger partial charge is 0.165 e. The van der Waals surface area contributed by atoms with E-state index in [1.807, 2.05) is 13.1 Å². The zero-order valence-corrected chi connectivity index (χ0v) is 12.8. The average molecular weight is 287 g/mol. The monoisotopic (exact) mass is 287 g/mol. The maximum Gasteiger partial charge on any atom is 0.165 e. The number of rotatable bonds is 6. The Balaban J connectivity index is 2.37. The van der Waals surface area contributed by atoms with Gasteiger partial charge in [-0.2, -0.15) is 0 Å². The molecule has 0 heterocycles. The average Bonchev–Trinajstić information content (AvgIpc) is 2.48. The molecule has 0 fully saturated rings. The van der Waals surface area contributed by atoms with Crippen LogP contribution in [-0.2, 0) is 0 Å². The van der Waals surface area contributed by atoms with Crippen molar-refractivity contribution >= 4 is 0 Å². The van der Waals surface area contributed by atoms with E-state index in [0.29, 0.717) is 0 Å². The molecule has 1 unspecified atom stereocenters. The summed E-state index contributed by atoms with van der Waals surface area (Å²) < 4.78 is 19.0. The molecule has 2 rings (SSSR count). The minimum atomic E-state index is -0.308. The molecule has 1 atom stereocenters. The fourth-order valence-corrected chi connectivity index (χ4v) is 2.60. The number of ether oxygens (including phenoxy) is 1. The summed E-state index contributed by atoms with van der Waals surface area (Å²) in [4.78, 5) is 0. The fraction of sp³-hybridized carbons (Fsp3) is 0.333. The Morgan fingerprint density at radius 2 is 1.90 bits per heavy atom. The summed E-state index contributed by atoms with van der Waals surface area (Å²) >= 11 is 0. The van der Waals surface area contributed by atoms with Crippen molar-refractivity contribution in [3.8, 4) is 5.75 Å². The van der Waals surface area contributed by atoms with Gasteiger partial charge in [-0.3, -0.25) is 0 Å². The highest BCUT2D eigenvalue weighted by molar-refractivity contribution is 5.38. The van der Waals surface area contributed by atoms with Gasteiger partial charge < -0.3 is 10.1 Å². The molecule has 1 N–H and O–H groups in total. The second-order valence-electron chi connectivity index (χ2n) is 5.25. The van der Waals surface area contributed by atoms with Crippen molar-refractivity contribution in [2.45, 2.75) is 19.3 Å². The third kappa shape index (κ3) is 3.82. The Morgan fingerprint density at radius 1 is 1.14 bits per heavy atom. The van der Waals surface area contributed by atoms with Crippen LogP contribution in [0.25, 0.3) is 0 Å². The first kappa shape index (κ1) is 15.5. The number of hydrogen-bond acceptors (Lipinski definition) is 2. The predicted molar refractivity (Wildman–Crippen MR) is 84.5 cm³/mol. The van der Waals surface area contributed by atoms with Gasteiger partial charge in [-0.25, -0.2) is 4.39 Å². The molecule has 2 aromatic carbocycles. The topological polar surface area (TPSA) is 21.3 Å². The van der Waals surface area contributed by atoms with Crippen LogP contribution in [0.3, 0.4) is 0 Å². The summed E-state index contributed by atoms with van der Waals surface area (Å²) in [5, 5.41) is 3.17. The molecule has 0 aliphatic carbocycles. The van der Waals surface area contributed by atoms with Crippen molar-refractivity contribution in [1.82, 2.24) is 5.32 Å². The van der Waals surface area contributed by atoms with Crippen LogP contribution >= 0.6 is 0 Å². The van der Waals surface area contributed by atoms with Gasteiger partial charge in [0.25, 0.3) is 0 Å². The van der Waals surface area contributed by atoms with Crippen LogP contribution in [0.4, 0.5) is 4.39 Å². The maximum absolute atomic E-state index is 14.0. The van der Waals surface area contributed by atoms with Crippen molar-refractivity contribution in [2.75, 3.05) is 20.7 Å². The molecule has 112 valence electrons. The van der Waals surface area contributed by atoms with E-state index in [-0.39, 0.29) is 17.5 Å². The lowest BCUT2D eigenvalue weighted by Gasteiger charge is -2.19. The Hall–Kier alpha value is -1.87. The van der Waals surface area contributed by atoms with Gasteiger partial charge in [0.2, 0.25) is 0 Å². The Kier molecular flexibility index (Phi) is 5.34.